The molecule has 3 N–H and O–H groups in total. The molecule has 0 aromatic heterocycles. The van der Waals surface area contributed by atoms with Crippen LogP contribution in [0.2, 0.25) is 0 Å². The number of benzene rings is 1. The summed E-state index contributed by atoms with van der Waals surface area (Å²) < 4.78 is 0. The maximum absolute atomic E-state index is 13.9. The van der Waals surface area contributed by atoms with Gasteiger partial charge in [0.2, 0.25) is 11.8 Å². The SMILES string of the molecule is CN[C@H](C(=O)N[C@H](C(=O)N(C)[C@H](/C=C1/C(=O)NC(=O)N1C)C(C)C)C(C)(C)C)C(C)(C)c1ccccc1. The summed E-state index contributed by atoms with van der Waals surface area (Å²) in [4.78, 5) is 54.5. The van der Waals surface area contributed by atoms with Gasteiger partial charge in [-0.1, -0.05) is 78.8 Å². The molecule has 2 rings (SSSR count). The van der Waals surface area contributed by atoms with Crippen molar-refractivity contribution in [1.82, 2.24) is 25.8 Å². The van der Waals surface area contributed by atoms with Crippen LogP contribution in [-0.2, 0) is 19.8 Å². The topological polar surface area (TPSA) is 111 Å². The van der Waals surface area contributed by atoms with Gasteiger partial charge in [0.05, 0.1) is 12.1 Å². The minimum absolute atomic E-state index is 0.0586. The van der Waals surface area contributed by atoms with Crippen LogP contribution < -0.4 is 16.0 Å². The molecule has 1 aromatic carbocycles. The van der Waals surface area contributed by atoms with E-state index in [-0.39, 0.29) is 23.4 Å². The fraction of sp³-hybridized carbons (Fsp3) is 0.571. The molecule has 1 aliphatic rings. The lowest BCUT2D eigenvalue weighted by atomic mass is 9.76. The Balaban J connectivity index is 2.37. The van der Waals surface area contributed by atoms with Crippen LogP contribution >= 0.6 is 0 Å². The van der Waals surface area contributed by atoms with E-state index in [9.17, 15) is 19.2 Å². The largest absolute Gasteiger partial charge is 0.342 e. The van der Waals surface area contributed by atoms with E-state index < -0.39 is 40.9 Å². The maximum atomic E-state index is 13.9. The fourth-order valence-electron chi connectivity index (χ4n) is 4.69. The molecule has 9 nitrogen and oxygen atoms in total. The molecule has 1 aromatic rings. The van der Waals surface area contributed by atoms with Gasteiger partial charge >= 0.3 is 6.03 Å². The number of carbonyl (C=O) groups is 4. The predicted molar refractivity (Wildman–Crippen MR) is 144 cm³/mol. The van der Waals surface area contributed by atoms with Crippen LogP contribution in [0.25, 0.3) is 0 Å². The predicted octanol–water partition coefficient (Wildman–Crippen LogP) is 2.63. The first kappa shape index (κ1) is 30.0. The molecular formula is C28H43N5O4. The van der Waals surface area contributed by atoms with Crippen molar-refractivity contribution in [3.63, 3.8) is 0 Å². The molecule has 0 saturated carbocycles. The summed E-state index contributed by atoms with van der Waals surface area (Å²) in [6.45, 7) is 13.6. The molecule has 204 valence electrons. The van der Waals surface area contributed by atoms with Gasteiger partial charge in [-0.2, -0.15) is 0 Å². The lowest BCUT2D eigenvalue weighted by Gasteiger charge is -2.40. The quantitative estimate of drug-likeness (QED) is 0.347. The van der Waals surface area contributed by atoms with E-state index >= 15 is 0 Å². The summed E-state index contributed by atoms with van der Waals surface area (Å²) in [5, 5.41) is 8.42. The Kier molecular flexibility index (Phi) is 9.30. The van der Waals surface area contributed by atoms with Crippen molar-refractivity contribution in [2.75, 3.05) is 21.1 Å². The van der Waals surface area contributed by atoms with Crippen LogP contribution in [0.3, 0.4) is 0 Å². The van der Waals surface area contributed by atoms with E-state index in [0.717, 1.165) is 5.56 Å². The first-order valence-electron chi connectivity index (χ1n) is 12.6. The average molecular weight is 514 g/mol. The lowest BCUT2D eigenvalue weighted by Crippen LogP contribution is -2.61. The zero-order chi connectivity index (χ0) is 28.3. The number of hydrogen-bond acceptors (Lipinski definition) is 5. The molecule has 1 fully saturated rings. The summed E-state index contributed by atoms with van der Waals surface area (Å²) in [5.74, 6) is -1.12. The number of hydrogen-bond donors (Lipinski definition) is 3. The van der Waals surface area contributed by atoms with Gasteiger partial charge in [-0.3, -0.25) is 24.6 Å². The molecule has 3 atom stereocenters. The van der Waals surface area contributed by atoms with E-state index in [1.807, 2.05) is 78.8 Å². The van der Waals surface area contributed by atoms with E-state index in [2.05, 4.69) is 16.0 Å². The molecule has 1 heterocycles. The van der Waals surface area contributed by atoms with Crippen molar-refractivity contribution < 1.29 is 19.2 Å². The molecule has 0 unspecified atom stereocenters. The van der Waals surface area contributed by atoms with Gasteiger partial charge in [-0.15, -0.1) is 0 Å². The van der Waals surface area contributed by atoms with Crippen molar-refractivity contribution in [3.8, 4) is 0 Å². The number of imide groups is 1. The standard InChI is InChI=1S/C28H43N5O4/c1-17(2)19(16-20-23(34)31-26(37)33(20)10)32(9)25(36)22(27(3,4)5)30-24(35)21(29-8)28(6,7)18-14-12-11-13-15-18/h11-17,19,21-22,29H,1-10H3,(H,30,35)(H,31,34,37)/b20-16-/t19-,21-,22-/m1/s1. The van der Waals surface area contributed by atoms with E-state index in [1.54, 1.807) is 25.1 Å². The average Bonchev–Trinajstić information content (AvgIpc) is 3.05. The second-order valence-electron chi connectivity index (χ2n) is 11.7. The third-order valence-electron chi connectivity index (χ3n) is 7.12. The van der Waals surface area contributed by atoms with Gasteiger partial charge in [-0.05, 0) is 30.0 Å². The Labute approximate surface area is 221 Å². The second kappa shape index (κ2) is 11.5. The first-order valence-corrected chi connectivity index (χ1v) is 12.6. The maximum Gasteiger partial charge on any atom is 0.328 e. The van der Waals surface area contributed by atoms with Crippen LogP contribution in [0.1, 0.15) is 54.0 Å². The Morgan fingerprint density at radius 1 is 1.03 bits per heavy atom. The number of likely N-dealkylation sites (N-methyl/N-ethyl adjacent to an activating group) is 3. The number of nitrogens with zero attached hydrogens (tertiary/aromatic N) is 2. The highest BCUT2D eigenvalue weighted by molar-refractivity contribution is 6.11. The number of nitrogens with one attached hydrogen (secondary N) is 3. The van der Waals surface area contributed by atoms with Gasteiger partial charge in [-0.25, -0.2) is 4.79 Å². The molecular weight excluding hydrogens is 470 g/mol. The monoisotopic (exact) mass is 513 g/mol. The number of amides is 5. The molecule has 0 spiro atoms. The summed E-state index contributed by atoms with van der Waals surface area (Å²) in [6, 6.07) is 7.37. The summed E-state index contributed by atoms with van der Waals surface area (Å²) >= 11 is 0. The zero-order valence-electron chi connectivity index (χ0n) is 23.8. The van der Waals surface area contributed by atoms with E-state index in [1.165, 1.54) is 11.9 Å². The normalized spacial score (nSPS) is 18.0. The number of urea groups is 1. The Morgan fingerprint density at radius 2 is 1.59 bits per heavy atom. The summed E-state index contributed by atoms with van der Waals surface area (Å²) in [5.41, 5.74) is 0.0531. The summed E-state index contributed by atoms with van der Waals surface area (Å²) in [6.07, 6.45) is 1.64. The molecule has 0 radical (unpaired) electrons. The van der Waals surface area contributed by atoms with Crippen molar-refractivity contribution in [2.24, 2.45) is 11.3 Å². The highest BCUT2D eigenvalue weighted by Gasteiger charge is 2.42. The van der Waals surface area contributed by atoms with Gasteiger partial charge in [0.25, 0.3) is 5.91 Å². The molecule has 9 heteroatoms. The Hall–Kier alpha value is -3.20. The van der Waals surface area contributed by atoms with Crippen molar-refractivity contribution in [1.29, 1.82) is 0 Å². The van der Waals surface area contributed by atoms with E-state index in [4.69, 9.17) is 0 Å². The lowest BCUT2D eigenvalue weighted by molar-refractivity contribution is -0.141. The Bertz CT molecular complexity index is 1040. The third kappa shape index (κ3) is 6.57. The van der Waals surface area contributed by atoms with Crippen LogP contribution in [-0.4, -0.2) is 72.8 Å². The number of rotatable bonds is 9. The second-order valence-corrected chi connectivity index (χ2v) is 11.7. The molecule has 37 heavy (non-hydrogen) atoms. The van der Waals surface area contributed by atoms with Crippen molar-refractivity contribution >= 4 is 23.8 Å². The fourth-order valence-corrected chi connectivity index (χ4v) is 4.69. The first-order chi connectivity index (χ1) is 17.0. The molecule has 1 saturated heterocycles. The van der Waals surface area contributed by atoms with Crippen molar-refractivity contribution in [2.45, 2.75) is 72.0 Å². The van der Waals surface area contributed by atoms with Crippen LogP contribution in [0.4, 0.5) is 4.79 Å². The summed E-state index contributed by atoms with van der Waals surface area (Å²) in [7, 11) is 4.91. The molecule has 5 amide bonds. The van der Waals surface area contributed by atoms with Crippen LogP contribution in [0, 0.1) is 11.3 Å². The van der Waals surface area contributed by atoms with Gasteiger partial charge in [0, 0.05) is 19.5 Å². The van der Waals surface area contributed by atoms with Crippen LogP contribution in [0.5, 0.6) is 0 Å². The Morgan fingerprint density at radius 3 is 2.03 bits per heavy atom. The van der Waals surface area contributed by atoms with E-state index in [0.29, 0.717) is 0 Å². The van der Waals surface area contributed by atoms with Gasteiger partial charge in [0.15, 0.2) is 0 Å². The molecule has 0 bridgehead atoms. The van der Waals surface area contributed by atoms with Gasteiger partial charge in [0.1, 0.15) is 11.7 Å². The molecule has 1 aliphatic heterocycles. The highest BCUT2D eigenvalue weighted by Crippen LogP contribution is 2.29. The smallest absolute Gasteiger partial charge is 0.328 e. The number of carbonyl (C=O) groups excluding carboxylic acids is 4. The minimum Gasteiger partial charge on any atom is -0.342 e. The molecule has 0 aliphatic carbocycles. The van der Waals surface area contributed by atoms with Crippen LogP contribution in [0.15, 0.2) is 42.1 Å². The van der Waals surface area contributed by atoms with Crippen molar-refractivity contribution in [3.05, 3.63) is 47.7 Å². The zero-order valence-corrected chi connectivity index (χ0v) is 23.8. The third-order valence-corrected chi connectivity index (χ3v) is 7.12. The van der Waals surface area contributed by atoms with Gasteiger partial charge < -0.3 is 15.5 Å². The highest BCUT2D eigenvalue weighted by atomic mass is 16.2. The minimum atomic E-state index is -0.830.